The molecule has 2 amide bonds. The van der Waals surface area contributed by atoms with Crippen LogP contribution in [0.3, 0.4) is 0 Å². The van der Waals surface area contributed by atoms with Gasteiger partial charge in [0.15, 0.2) is 11.5 Å². The van der Waals surface area contributed by atoms with Crippen molar-refractivity contribution in [3.05, 3.63) is 59.2 Å². The molecule has 6 heteroatoms. The second-order valence-corrected chi connectivity index (χ2v) is 8.49. The van der Waals surface area contributed by atoms with Crippen molar-refractivity contribution in [2.45, 2.75) is 65.5 Å². The van der Waals surface area contributed by atoms with E-state index < -0.39 is 6.04 Å². The zero-order valence-corrected chi connectivity index (χ0v) is 20.1. The second-order valence-electron chi connectivity index (χ2n) is 8.49. The van der Waals surface area contributed by atoms with Crippen LogP contribution in [0.25, 0.3) is 0 Å². The molecule has 0 radical (unpaired) electrons. The number of benzene rings is 2. The van der Waals surface area contributed by atoms with Gasteiger partial charge in [-0.15, -0.1) is 0 Å². The van der Waals surface area contributed by atoms with Crippen molar-refractivity contribution in [2.75, 3.05) is 19.8 Å². The van der Waals surface area contributed by atoms with Gasteiger partial charge in [0.05, 0.1) is 0 Å². The summed E-state index contributed by atoms with van der Waals surface area (Å²) >= 11 is 0. The van der Waals surface area contributed by atoms with Gasteiger partial charge in [-0.25, -0.2) is 0 Å². The Kier molecular flexibility index (Phi) is 9.16. The molecule has 0 saturated heterocycles. The van der Waals surface area contributed by atoms with Crippen LogP contribution in [-0.4, -0.2) is 42.5 Å². The lowest BCUT2D eigenvalue weighted by Gasteiger charge is -2.31. The lowest BCUT2D eigenvalue weighted by atomic mass is 10.0. The van der Waals surface area contributed by atoms with Crippen LogP contribution in [0.5, 0.6) is 11.5 Å². The first-order chi connectivity index (χ1) is 16.0. The van der Waals surface area contributed by atoms with Crippen LogP contribution in [0.2, 0.25) is 0 Å². The average Bonchev–Trinajstić information content (AvgIpc) is 2.83. The molecule has 0 aromatic heterocycles. The Balaban J connectivity index is 1.74. The quantitative estimate of drug-likeness (QED) is 0.513. The summed E-state index contributed by atoms with van der Waals surface area (Å²) in [5.74, 6) is 1.37. The summed E-state index contributed by atoms with van der Waals surface area (Å²) in [6, 6.07) is 13.4. The first-order valence-corrected chi connectivity index (χ1v) is 12.0. The molecule has 0 bridgehead atoms. The highest BCUT2D eigenvalue weighted by Crippen LogP contribution is 2.31. The molecule has 33 heavy (non-hydrogen) atoms. The van der Waals surface area contributed by atoms with Crippen LogP contribution in [0.4, 0.5) is 0 Å². The monoisotopic (exact) mass is 452 g/mol. The molecule has 1 N–H and O–H groups in total. The van der Waals surface area contributed by atoms with Crippen LogP contribution in [0.1, 0.15) is 56.2 Å². The summed E-state index contributed by atoms with van der Waals surface area (Å²) < 4.78 is 11.3. The zero-order valence-electron chi connectivity index (χ0n) is 20.1. The zero-order chi connectivity index (χ0) is 23.6. The highest BCUT2D eigenvalue weighted by molar-refractivity contribution is 5.87. The third-order valence-electron chi connectivity index (χ3n) is 6.05. The Morgan fingerprint density at radius 3 is 2.55 bits per heavy atom. The maximum atomic E-state index is 13.4. The molecule has 178 valence electrons. The largest absolute Gasteiger partial charge is 0.486 e. The molecule has 0 aliphatic carbocycles. The van der Waals surface area contributed by atoms with Gasteiger partial charge in [-0.1, -0.05) is 50.6 Å². The van der Waals surface area contributed by atoms with E-state index in [0.29, 0.717) is 45.6 Å². The molecule has 1 unspecified atom stereocenters. The van der Waals surface area contributed by atoms with Crippen LogP contribution >= 0.6 is 0 Å². The predicted molar refractivity (Wildman–Crippen MR) is 129 cm³/mol. The molecule has 0 saturated carbocycles. The first kappa shape index (κ1) is 24.6. The minimum Gasteiger partial charge on any atom is -0.486 e. The molecule has 0 fully saturated rings. The van der Waals surface area contributed by atoms with E-state index in [2.05, 4.69) is 12.2 Å². The number of unbranched alkanes of at least 4 members (excludes halogenated alkanes) is 1. The number of rotatable bonds is 11. The molecular weight excluding hydrogens is 416 g/mol. The van der Waals surface area contributed by atoms with E-state index in [0.717, 1.165) is 41.0 Å². The molecule has 0 spiro atoms. The third-order valence-corrected chi connectivity index (χ3v) is 6.05. The average molecular weight is 453 g/mol. The third kappa shape index (κ3) is 6.73. The van der Waals surface area contributed by atoms with Crippen molar-refractivity contribution in [1.29, 1.82) is 0 Å². The number of carbonyl (C=O) groups is 2. The Labute approximate surface area is 197 Å². The van der Waals surface area contributed by atoms with Crippen LogP contribution in [-0.2, 0) is 22.6 Å². The van der Waals surface area contributed by atoms with E-state index in [1.54, 1.807) is 4.90 Å². The van der Waals surface area contributed by atoms with Gasteiger partial charge in [-0.05, 0) is 55.0 Å². The number of ether oxygens (including phenoxy) is 2. The van der Waals surface area contributed by atoms with E-state index >= 15 is 0 Å². The molecule has 3 rings (SSSR count). The number of carbonyl (C=O) groups excluding carboxylic acids is 2. The summed E-state index contributed by atoms with van der Waals surface area (Å²) in [5, 5.41) is 3.02. The molecule has 2 aromatic carbocycles. The summed E-state index contributed by atoms with van der Waals surface area (Å²) in [7, 11) is 0. The highest BCUT2D eigenvalue weighted by Gasteiger charge is 2.28. The highest BCUT2D eigenvalue weighted by atomic mass is 16.6. The van der Waals surface area contributed by atoms with Gasteiger partial charge in [-0.3, -0.25) is 9.59 Å². The maximum absolute atomic E-state index is 13.4. The molecule has 6 nitrogen and oxygen atoms in total. The fourth-order valence-corrected chi connectivity index (χ4v) is 4.03. The molecular formula is C27H36N2O4. The molecule has 1 heterocycles. The fraction of sp³-hybridized carbons (Fsp3) is 0.481. The topological polar surface area (TPSA) is 67.9 Å². The van der Waals surface area contributed by atoms with Crippen LogP contribution in [0.15, 0.2) is 42.5 Å². The number of hydrogen-bond donors (Lipinski definition) is 1. The van der Waals surface area contributed by atoms with Gasteiger partial charge < -0.3 is 19.7 Å². The summed E-state index contributed by atoms with van der Waals surface area (Å²) in [6.07, 6.45) is 3.41. The van der Waals surface area contributed by atoms with E-state index in [1.807, 2.05) is 56.3 Å². The van der Waals surface area contributed by atoms with E-state index in [4.69, 9.17) is 9.47 Å². The van der Waals surface area contributed by atoms with E-state index in [1.165, 1.54) is 0 Å². The standard InChI is InChI=1S/C27H36N2O4/c1-4-6-15-28-27(31)23(5-2)29(19-22-10-8-7-9-20(22)3)26(30)14-12-21-11-13-24-25(18-21)33-17-16-32-24/h7-11,13,18,23H,4-6,12,14-17,19H2,1-3H3,(H,28,31). The maximum Gasteiger partial charge on any atom is 0.242 e. The van der Waals surface area contributed by atoms with Crippen molar-refractivity contribution in [1.82, 2.24) is 10.2 Å². The van der Waals surface area contributed by atoms with Gasteiger partial charge in [0, 0.05) is 19.5 Å². The molecule has 2 aromatic rings. The smallest absolute Gasteiger partial charge is 0.242 e. The van der Waals surface area contributed by atoms with Gasteiger partial charge in [-0.2, -0.15) is 0 Å². The van der Waals surface area contributed by atoms with Crippen molar-refractivity contribution < 1.29 is 19.1 Å². The Bertz CT molecular complexity index is 943. The second kappa shape index (κ2) is 12.3. The summed E-state index contributed by atoms with van der Waals surface area (Å²) in [5.41, 5.74) is 3.19. The van der Waals surface area contributed by atoms with Gasteiger partial charge >= 0.3 is 0 Å². The van der Waals surface area contributed by atoms with Crippen molar-refractivity contribution in [3.8, 4) is 11.5 Å². The van der Waals surface area contributed by atoms with Crippen molar-refractivity contribution in [3.63, 3.8) is 0 Å². The lowest BCUT2D eigenvalue weighted by Crippen LogP contribution is -2.49. The molecule has 1 aliphatic heterocycles. The Hall–Kier alpha value is -3.02. The summed E-state index contributed by atoms with van der Waals surface area (Å²) in [6.45, 7) is 8.23. The number of aryl methyl sites for hydroxylation is 2. The van der Waals surface area contributed by atoms with Crippen molar-refractivity contribution >= 4 is 11.8 Å². The van der Waals surface area contributed by atoms with E-state index in [9.17, 15) is 9.59 Å². The molecule has 1 aliphatic rings. The number of fused-ring (bicyclic) bond motifs is 1. The lowest BCUT2D eigenvalue weighted by molar-refractivity contribution is -0.141. The molecule has 1 atom stereocenters. The summed E-state index contributed by atoms with van der Waals surface area (Å²) in [4.78, 5) is 28.2. The fourth-order valence-electron chi connectivity index (χ4n) is 4.03. The SMILES string of the molecule is CCCCNC(=O)C(CC)N(Cc1ccccc1C)C(=O)CCc1ccc2c(c1)OCCO2. The predicted octanol–water partition coefficient (Wildman–Crippen LogP) is 4.42. The van der Waals surface area contributed by atoms with Gasteiger partial charge in [0.25, 0.3) is 0 Å². The minimum absolute atomic E-state index is 0.0226. The van der Waals surface area contributed by atoms with Crippen molar-refractivity contribution in [2.24, 2.45) is 0 Å². The number of nitrogens with one attached hydrogen (secondary N) is 1. The van der Waals surface area contributed by atoms with Crippen LogP contribution in [0, 0.1) is 6.92 Å². The minimum atomic E-state index is -0.491. The first-order valence-electron chi connectivity index (χ1n) is 12.0. The normalized spacial score (nSPS) is 13.3. The van der Waals surface area contributed by atoms with Crippen LogP contribution < -0.4 is 14.8 Å². The number of hydrogen-bond acceptors (Lipinski definition) is 4. The Morgan fingerprint density at radius 1 is 1.06 bits per heavy atom. The van der Waals surface area contributed by atoms with Gasteiger partial charge in [0.2, 0.25) is 11.8 Å². The number of nitrogens with zero attached hydrogens (tertiary/aromatic N) is 1. The van der Waals surface area contributed by atoms with Gasteiger partial charge in [0.1, 0.15) is 19.3 Å². The Morgan fingerprint density at radius 2 is 1.82 bits per heavy atom. The van der Waals surface area contributed by atoms with E-state index in [-0.39, 0.29) is 11.8 Å². The number of amides is 2.